The number of methoxy groups -OCH3 is 1. The molecule has 2 fully saturated rings. The summed E-state index contributed by atoms with van der Waals surface area (Å²) in [7, 11) is 1.59. The van der Waals surface area contributed by atoms with Crippen molar-refractivity contribution in [1.29, 1.82) is 0 Å². The molecule has 9 nitrogen and oxygen atoms in total. The molecule has 8 bridgehead atoms. The zero-order valence-corrected chi connectivity index (χ0v) is 28.2. The largest absolute Gasteiger partial charge is 0.373 e. The van der Waals surface area contributed by atoms with E-state index in [0.717, 1.165) is 38.6 Å². The van der Waals surface area contributed by atoms with Crippen molar-refractivity contribution in [2.75, 3.05) is 45.2 Å². The number of likely N-dealkylation sites (tertiary alicyclic amines) is 1. The van der Waals surface area contributed by atoms with Gasteiger partial charge in [-0.15, -0.1) is 0 Å². The molecule has 260 valence electrons. The standard InChI is InChI=1S/C36H47F3N6O3/c1-24-27-10-9-11-29(31(27)37)36(38,39)26-12-18-43(19-13-26)16-7-5-4-6-8-17-45-33-28(32(42-24)40-23-41-33)22-30(34(45)47)35(48-3)14-20-44(21-15-35)25(2)46/h9-11,22-24,26H,4-8,12-21H2,1-3H3,(H,40,41,42)/t24-/m1/s1. The number of pyridine rings is 1. The van der Waals surface area contributed by atoms with Gasteiger partial charge in [-0.25, -0.2) is 23.1 Å². The number of nitrogens with one attached hydrogen (secondary N) is 1. The van der Waals surface area contributed by atoms with E-state index >= 15 is 13.2 Å². The van der Waals surface area contributed by atoms with Crippen LogP contribution >= 0.6 is 0 Å². The van der Waals surface area contributed by atoms with Crippen LogP contribution in [0.5, 0.6) is 0 Å². The molecule has 1 amide bonds. The van der Waals surface area contributed by atoms with Crippen LogP contribution in [0.15, 0.2) is 35.4 Å². The fraction of sp³-hybridized carbons (Fsp3) is 0.611. The van der Waals surface area contributed by atoms with Gasteiger partial charge in [0.1, 0.15) is 29.2 Å². The molecule has 6 heterocycles. The van der Waals surface area contributed by atoms with E-state index in [1.807, 2.05) is 0 Å². The first-order valence-corrected chi connectivity index (χ1v) is 17.4. The van der Waals surface area contributed by atoms with E-state index in [0.29, 0.717) is 80.8 Å². The number of piperidine rings is 2. The molecule has 7 rings (SSSR count). The number of alkyl halides is 2. The maximum Gasteiger partial charge on any atom is 0.278 e. The van der Waals surface area contributed by atoms with Crippen LogP contribution in [0.4, 0.5) is 19.0 Å². The Bertz CT molecular complexity index is 1680. The fourth-order valence-corrected chi connectivity index (χ4v) is 7.90. The number of anilines is 1. The number of nitrogens with zero attached hydrogens (tertiary/aromatic N) is 5. The summed E-state index contributed by atoms with van der Waals surface area (Å²) in [6.07, 6.45) is 7.60. The lowest BCUT2D eigenvalue weighted by Gasteiger charge is -2.40. The summed E-state index contributed by atoms with van der Waals surface area (Å²) in [6.45, 7) is 6.63. The number of fused-ring (bicyclic) bond motifs is 9. The molecule has 1 N–H and O–H groups in total. The number of hydrogen-bond acceptors (Lipinski definition) is 7. The lowest BCUT2D eigenvalue weighted by Crippen LogP contribution is -2.48. The lowest BCUT2D eigenvalue weighted by atomic mass is 9.84. The summed E-state index contributed by atoms with van der Waals surface area (Å²) in [6, 6.07) is 5.26. The molecule has 2 saturated heterocycles. The molecule has 1 aromatic carbocycles. The number of benzene rings is 1. The van der Waals surface area contributed by atoms with Crippen molar-refractivity contribution in [3.8, 4) is 0 Å². The number of aromatic nitrogens is 3. The molecule has 3 aromatic rings. The van der Waals surface area contributed by atoms with Crippen molar-refractivity contribution in [2.45, 2.75) is 95.7 Å². The first-order chi connectivity index (χ1) is 23.1. The summed E-state index contributed by atoms with van der Waals surface area (Å²) in [5.41, 5.74) is -0.675. The Morgan fingerprint density at radius 1 is 0.958 bits per heavy atom. The Kier molecular flexibility index (Phi) is 10.1. The Morgan fingerprint density at radius 3 is 2.33 bits per heavy atom. The number of carbonyl (C=O) groups excluding carboxylic acids is 1. The zero-order chi connectivity index (χ0) is 34.1. The van der Waals surface area contributed by atoms with Gasteiger partial charge in [-0.1, -0.05) is 37.5 Å². The van der Waals surface area contributed by atoms with E-state index in [2.05, 4.69) is 20.2 Å². The van der Waals surface area contributed by atoms with Gasteiger partial charge < -0.3 is 19.9 Å². The Morgan fingerprint density at radius 2 is 1.65 bits per heavy atom. The van der Waals surface area contributed by atoms with Crippen LogP contribution in [0, 0.1) is 11.7 Å². The third kappa shape index (κ3) is 6.57. The molecule has 12 heteroatoms. The van der Waals surface area contributed by atoms with Crippen molar-refractivity contribution in [3.63, 3.8) is 0 Å². The van der Waals surface area contributed by atoms with E-state index in [1.54, 1.807) is 29.6 Å². The minimum atomic E-state index is -3.30. The monoisotopic (exact) mass is 668 g/mol. The smallest absolute Gasteiger partial charge is 0.278 e. The summed E-state index contributed by atoms with van der Waals surface area (Å²) in [5.74, 6) is -4.80. The lowest BCUT2D eigenvalue weighted by molar-refractivity contribution is -0.135. The summed E-state index contributed by atoms with van der Waals surface area (Å²) >= 11 is 0. The van der Waals surface area contributed by atoms with E-state index < -0.39 is 34.9 Å². The predicted molar refractivity (Wildman–Crippen MR) is 179 cm³/mol. The Hall–Kier alpha value is -3.51. The number of carbonyl (C=O) groups is 1. The number of halogens is 3. The molecular formula is C36H47F3N6O3. The second kappa shape index (κ2) is 14.2. The van der Waals surface area contributed by atoms with Gasteiger partial charge in [-0.05, 0) is 71.1 Å². The quantitative estimate of drug-likeness (QED) is 0.340. The number of ether oxygens (including phenoxy) is 1. The molecule has 0 aliphatic carbocycles. The highest BCUT2D eigenvalue weighted by atomic mass is 19.3. The maximum atomic E-state index is 16.1. The van der Waals surface area contributed by atoms with Gasteiger partial charge in [0.25, 0.3) is 11.5 Å². The third-order valence-electron chi connectivity index (χ3n) is 10.9. The van der Waals surface area contributed by atoms with Crippen LogP contribution in [0.2, 0.25) is 0 Å². The van der Waals surface area contributed by atoms with Crippen molar-refractivity contribution < 1.29 is 22.7 Å². The van der Waals surface area contributed by atoms with Crippen LogP contribution in [0.25, 0.3) is 11.0 Å². The molecule has 2 aromatic heterocycles. The maximum absolute atomic E-state index is 16.1. The molecule has 48 heavy (non-hydrogen) atoms. The topological polar surface area (TPSA) is 92.6 Å². The molecule has 1 atom stereocenters. The predicted octanol–water partition coefficient (Wildman–Crippen LogP) is 6.36. The molecular weight excluding hydrogens is 621 g/mol. The second-order valence-electron chi connectivity index (χ2n) is 13.8. The number of rotatable bonds is 2. The minimum absolute atomic E-state index is 0.0231. The highest BCUT2D eigenvalue weighted by Gasteiger charge is 2.45. The van der Waals surface area contributed by atoms with E-state index in [9.17, 15) is 9.59 Å². The second-order valence-corrected chi connectivity index (χ2v) is 13.8. The van der Waals surface area contributed by atoms with Crippen LogP contribution in [-0.2, 0) is 27.6 Å². The number of amides is 1. The Balaban J connectivity index is 1.43. The first kappa shape index (κ1) is 34.4. The van der Waals surface area contributed by atoms with Crippen LogP contribution in [0.1, 0.15) is 94.4 Å². The van der Waals surface area contributed by atoms with Gasteiger partial charge in [0.15, 0.2) is 0 Å². The van der Waals surface area contributed by atoms with Crippen LogP contribution < -0.4 is 10.9 Å². The number of aryl methyl sites for hydroxylation is 1. The van der Waals surface area contributed by atoms with Gasteiger partial charge in [0.05, 0.1) is 22.6 Å². The normalized spacial score (nSPS) is 25.0. The highest BCUT2D eigenvalue weighted by Crippen LogP contribution is 2.44. The van der Waals surface area contributed by atoms with Crippen molar-refractivity contribution in [1.82, 2.24) is 24.3 Å². The minimum Gasteiger partial charge on any atom is -0.373 e. The summed E-state index contributed by atoms with van der Waals surface area (Å²) in [4.78, 5) is 39.5. The van der Waals surface area contributed by atoms with Crippen molar-refractivity contribution in [2.24, 2.45) is 5.92 Å². The van der Waals surface area contributed by atoms with Crippen LogP contribution in [0.3, 0.4) is 0 Å². The van der Waals surface area contributed by atoms with Gasteiger partial charge in [-0.2, -0.15) is 0 Å². The molecule has 4 aliphatic rings. The van der Waals surface area contributed by atoms with Gasteiger partial charge in [0, 0.05) is 45.1 Å². The van der Waals surface area contributed by atoms with Gasteiger partial charge in [0.2, 0.25) is 5.91 Å². The first-order valence-electron chi connectivity index (χ1n) is 17.4. The zero-order valence-electron chi connectivity index (χ0n) is 28.2. The van der Waals surface area contributed by atoms with Gasteiger partial charge in [-0.3, -0.25) is 14.2 Å². The Labute approximate surface area is 279 Å². The van der Waals surface area contributed by atoms with E-state index in [4.69, 9.17) is 4.74 Å². The summed E-state index contributed by atoms with van der Waals surface area (Å²) < 4.78 is 55.8. The molecule has 0 radical (unpaired) electrons. The average molecular weight is 669 g/mol. The molecule has 0 saturated carbocycles. The SMILES string of the molecule is COC1(c2cc3c4ncnc3n(c2=O)CCCCCCCN2CCC(CC2)C(F)(F)c2cccc(c2F)[C@@H](C)N4)CCN(C(C)=O)CC1. The molecule has 4 aliphatic heterocycles. The van der Waals surface area contributed by atoms with E-state index in [-0.39, 0.29) is 17.0 Å². The third-order valence-corrected chi connectivity index (χ3v) is 10.9. The number of hydrogen-bond donors (Lipinski definition) is 1. The van der Waals surface area contributed by atoms with Crippen molar-refractivity contribution >= 4 is 22.8 Å². The van der Waals surface area contributed by atoms with Gasteiger partial charge >= 0.3 is 0 Å². The highest BCUT2D eigenvalue weighted by molar-refractivity contribution is 5.87. The average Bonchev–Trinajstić information content (AvgIpc) is 3.08. The van der Waals surface area contributed by atoms with E-state index in [1.165, 1.54) is 31.5 Å². The molecule has 0 unspecified atom stereocenters. The van der Waals surface area contributed by atoms with Crippen molar-refractivity contribution in [3.05, 3.63) is 63.5 Å². The fourth-order valence-electron chi connectivity index (χ4n) is 7.90. The summed E-state index contributed by atoms with van der Waals surface area (Å²) in [5, 5.41) is 3.83. The van der Waals surface area contributed by atoms with Crippen LogP contribution in [-0.4, -0.2) is 70.1 Å². The molecule has 0 spiro atoms.